The molecule has 35 heavy (non-hydrogen) atoms. The number of para-hydroxylation sites is 1. The molecular formula is C27H29N7O. The molecule has 8 heteroatoms. The maximum absolute atomic E-state index is 12.8. The van der Waals surface area contributed by atoms with Crippen LogP contribution in [0.4, 0.5) is 28.7 Å². The van der Waals surface area contributed by atoms with Gasteiger partial charge in [0.2, 0.25) is 11.9 Å². The first-order chi connectivity index (χ1) is 17.0. The molecule has 0 bridgehead atoms. The van der Waals surface area contributed by atoms with Crippen LogP contribution in [-0.4, -0.2) is 45.9 Å². The SMILES string of the molecule is Cc1ccc(Nc2ncc3cccc(Nc4ccncc4)c3n2)cc1NC(=O)C1CCN(C)CC1. The Balaban J connectivity index is 1.35. The molecular weight excluding hydrogens is 438 g/mol. The maximum atomic E-state index is 12.8. The Morgan fingerprint density at radius 3 is 2.57 bits per heavy atom. The van der Waals surface area contributed by atoms with Crippen LogP contribution in [0.15, 0.2) is 67.1 Å². The first kappa shape index (κ1) is 22.7. The van der Waals surface area contributed by atoms with Crippen LogP contribution in [0.1, 0.15) is 18.4 Å². The highest BCUT2D eigenvalue weighted by Crippen LogP contribution is 2.28. The van der Waals surface area contributed by atoms with E-state index in [4.69, 9.17) is 4.98 Å². The second-order valence-electron chi connectivity index (χ2n) is 9.02. The highest BCUT2D eigenvalue weighted by Gasteiger charge is 2.23. The Hall–Kier alpha value is -4.04. The molecule has 3 heterocycles. The number of nitrogens with zero attached hydrogens (tertiary/aromatic N) is 4. The van der Waals surface area contributed by atoms with Crippen LogP contribution in [0.5, 0.6) is 0 Å². The zero-order valence-corrected chi connectivity index (χ0v) is 20.0. The van der Waals surface area contributed by atoms with Gasteiger partial charge in [-0.2, -0.15) is 0 Å². The van der Waals surface area contributed by atoms with Crippen molar-refractivity contribution in [1.82, 2.24) is 19.9 Å². The molecule has 1 aliphatic heterocycles. The van der Waals surface area contributed by atoms with E-state index in [9.17, 15) is 4.79 Å². The smallest absolute Gasteiger partial charge is 0.227 e. The lowest BCUT2D eigenvalue weighted by molar-refractivity contribution is -0.121. The van der Waals surface area contributed by atoms with Gasteiger partial charge < -0.3 is 20.9 Å². The first-order valence-corrected chi connectivity index (χ1v) is 11.8. The summed E-state index contributed by atoms with van der Waals surface area (Å²) < 4.78 is 0. The van der Waals surface area contributed by atoms with Gasteiger partial charge in [-0.25, -0.2) is 9.97 Å². The van der Waals surface area contributed by atoms with Gasteiger partial charge in [0.05, 0.1) is 11.2 Å². The normalized spacial score (nSPS) is 14.6. The number of carbonyl (C=O) groups is 1. The number of pyridine rings is 1. The molecule has 0 atom stereocenters. The molecule has 2 aromatic carbocycles. The van der Waals surface area contributed by atoms with Crippen molar-refractivity contribution in [3.63, 3.8) is 0 Å². The van der Waals surface area contributed by atoms with Gasteiger partial charge in [0, 0.05) is 47.0 Å². The van der Waals surface area contributed by atoms with Crippen LogP contribution < -0.4 is 16.0 Å². The molecule has 1 saturated heterocycles. The Kier molecular flexibility index (Phi) is 6.54. The van der Waals surface area contributed by atoms with Crippen molar-refractivity contribution in [3.8, 4) is 0 Å². The maximum Gasteiger partial charge on any atom is 0.227 e. The zero-order chi connectivity index (χ0) is 24.2. The number of fused-ring (bicyclic) bond motifs is 1. The lowest BCUT2D eigenvalue weighted by atomic mass is 9.96. The molecule has 1 aliphatic rings. The van der Waals surface area contributed by atoms with E-state index in [1.165, 1.54) is 0 Å². The van der Waals surface area contributed by atoms with Crippen LogP contribution in [0.2, 0.25) is 0 Å². The molecule has 178 valence electrons. The number of carbonyl (C=O) groups excluding carboxylic acids is 1. The largest absolute Gasteiger partial charge is 0.354 e. The Morgan fingerprint density at radius 1 is 0.971 bits per heavy atom. The van der Waals surface area contributed by atoms with E-state index in [1.54, 1.807) is 18.6 Å². The number of aryl methyl sites for hydroxylation is 1. The number of nitrogens with one attached hydrogen (secondary N) is 3. The van der Waals surface area contributed by atoms with Crippen molar-refractivity contribution in [2.45, 2.75) is 19.8 Å². The van der Waals surface area contributed by atoms with Crippen molar-refractivity contribution < 1.29 is 4.79 Å². The predicted molar refractivity (Wildman–Crippen MR) is 140 cm³/mol. The molecule has 0 unspecified atom stereocenters. The van der Waals surface area contributed by atoms with Crippen molar-refractivity contribution in [2.75, 3.05) is 36.1 Å². The molecule has 0 saturated carbocycles. The zero-order valence-electron chi connectivity index (χ0n) is 20.0. The summed E-state index contributed by atoms with van der Waals surface area (Å²) in [6, 6.07) is 15.7. The molecule has 0 radical (unpaired) electrons. The fraction of sp³-hybridized carbons (Fsp3) is 0.259. The topological polar surface area (TPSA) is 95.1 Å². The van der Waals surface area contributed by atoms with Gasteiger partial charge >= 0.3 is 0 Å². The third-order valence-electron chi connectivity index (χ3n) is 6.41. The van der Waals surface area contributed by atoms with E-state index < -0.39 is 0 Å². The van der Waals surface area contributed by atoms with Crippen LogP contribution in [-0.2, 0) is 4.79 Å². The van der Waals surface area contributed by atoms with E-state index in [0.29, 0.717) is 5.95 Å². The summed E-state index contributed by atoms with van der Waals surface area (Å²) in [6.07, 6.45) is 7.07. The molecule has 5 rings (SSSR count). The van der Waals surface area contributed by atoms with E-state index in [2.05, 4.69) is 37.9 Å². The van der Waals surface area contributed by atoms with Gasteiger partial charge in [0.25, 0.3) is 0 Å². The van der Waals surface area contributed by atoms with Crippen molar-refractivity contribution in [2.24, 2.45) is 5.92 Å². The van der Waals surface area contributed by atoms with Crippen molar-refractivity contribution in [3.05, 3.63) is 72.7 Å². The number of hydrogen-bond donors (Lipinski definition) is 3. The molecule has 1 amide bonds. The third-order valence-corrected chi connectivity index (χ3v) is 6.41. The van der Waals surface area contributed by atoms with Crippen LogP contribution in [0.3, 0.4) is 0 Å². The number of piperidine rings is 1. The predicted octanol–water partition coefficient (Wildman–Crippen LogP) is 5.10. The average Bonchev–Trinajstić information content (AvgIpc) is 2.87. The van der Waals surface area contributed by atoms with Crippen molar-refractivity contribution in [1.29, 1.82) is 0 Å². The number of likely N-dealkylation sites (tertiary alicyclic amines) is 1. The average molecular weight is 468 g/mol. The summed E-state index contributed by atoms with van der Waals surface area (Å²) in [7, 11) is 2.10. The Bertz CT molecular complexity index is 1330. The van der Waals surface area contributed by atoms with E-state index in [0.717, 1.165) is 65.1 Å². The Labute approximate surface area is 204 Å². The summed E-state index contributed by atoms with van der Waals surface area (Å²) in [6.45, 7) is 3.91. The third kappa shape index (κ3) is 5.38. The van der Waals surface area contributed by atoms with E-state index in [-0.39, 0.29) is 11.8 Å². The fourth-order valence-corrected chi connectivity index (χ4v) is 4.28. The highest BCUT2D eigenvalue weighted by atomic mass is 16.1. The summed E-state index contributed by atoms with van der Waals surface area (Å²) >= 11 is 0. The highest BCUT2D eigenvalue weighted by molar-refractivity contribution is 5.94. The van der Waals surface area contributed by atoms with Gasteiger partial charge in [-0.05, 0) is 75.8 Å². The number of hydrogen-bond acceptors (Lipinski definition) is 7. The van der Waals surface area contributed by atoms with Gasteiger partial charge in [0.15, 0.2) is 0 Å². The van der Waals surface area contributed by atoms with E-state index >= 15 is 0 Å². The number of aromatic nitrogens is 3. The molecule has 8 nitrogen and oxygen atoms in total. The summed E-state index contributed by atoms with van der Waals surface area (Å²) in [5.41, 5.74) is 5.26. The quantitative estimate of drug-likeness (QED) is 0.363. The minimum absolute atomic E-state index is 0.0531. The Morgan fingerprint density at radius 2 is 1.77 bits per heavy atom. The van der Waals surface area contributed by atoms with Gasteiger partial charge in [-0.15, -0.1) is 0 Å². The standard InChI is InChI=1S/C27H29N7O/c1-18-6-7-22(16-24(18)32-26(35)19-10-14-34(2)15-11-19)31-27-29-17-20-4-3-5-23(25(20)33-27)30-21-8-12-28-13-9-21/h3-9,12-13,16-17,19H,10-11,14-15H2,1-2H3,(H,28,30)(H,32,35)(H,29,31,33). The van der Waals surface area contributed by atoms with E-state index in [1.807, 2.05) is 55.5 Å². The second-order valence-corrected chi connectivity index (χ2v) is 9.02. The lowest BCUT2D eigenvalue weighted by Crippen LogP contribution is -2.36. The lowest BCUT2D eigenvalue weighted by Gasteiger charge is -2.28. The number of amides is 1. The minimum atomic E-state index is 0.0531. The minimum Gasteiger partial charge on any atom is -0.354 e. The molecule has 1 fully saturated rings. The monoisotopic (exact) mass is 467 g/mol. The van der Waals surface area contributed by atoms with Gasteiger partial charge in [-0.1, -0.05) is 18.2 Å². The summed E-state index contributed by atoms with van der Waals surface area (Å²) in [4.78, 5) is 28.4. The second kappa shape index (κ2) is 10.1. The van der Waals surface area contributed by atoms with Crippen LogP contribution in [0, 0.1) is 12.8 Å². The molecule has 2 aromatic heterocycles. The summed E-state index contributed by atoms with van der Waals surface area (Å²) in [5, 5.41) is 10.8. The molecule has 0 aliphatic carbocycles. The van der Waals surface area contributed by atoms with Gasteiger partial charge in [0.1, 0.15) is 0 Å². The van der Waals surface area contributed by atoms with Crippen LogP contribution >= 0.6 is 0 Å². The fourth-order valence-electron chi connectivity index (χ4n) is 4.28. The van der Waals surface area contributed by atoms with Crippen molar-refractivity contribution >= 4 is 45.5 Å². The molecule has 4 aromatic rings. The number of rotatable bonds is 6. The summed E-state index contributed by atoms with van der Waals surface area (Å²) in [5.74, 6) is 0.627. The number of anilines is 5. The first-order valence-electron chi connectivity index (χ1n) is 11.8. The molecule has 3 N–H and O–H groups in total. The van der Waals surface area contributed by atoms with Gasteiger partial charge in [-0.3, -0.25) is 9.78 Å². The molecule has 0 spiro atoms. The van der Waals surface area contributed by atoms with Crippen LogP contribution in [0.25, 0.3) is 10.9 Å². The number of benzene rings is 2.